The summed E-state index contributed by atoms with van der Waals surface area (Å²) in [7, 11) is 0. The molecule has 1 saturated heterocycles. The maximum atomic E-state index is 15.4. The van der Waals surface area contributed by atoms with Crippen LogP contribution in [0.2, 0.25) is 0 Å². The second-order valence-electron chi connectivity index (χ2n) is 22.4. The van der Waals surface area contributed by atoms with E-state index in [1.807, 2.05) is 109 Å². The minimum Gasteiger partial charge on any atom is -0.444 e. The van der Waals surface area contributed by atoms with Gasteiger partial charge in [-0.05, 0) is 105 Å². The van der Waals surface area contributed by atoms with Crippen molar-refractivity contribution < 1.29 is 38.2 Å². The molecule has 16 nitrogen and oxygen atoms in total. The zero-order valence-electron chi connectivity index (χ0n) is 47.3. The lowest BCUT2D eigenvalue weighted by Crippen LogP contribution is -2.56. The number of alkyl carbamates (subject to hydrolysis) is 2. The predicted molar refractivity (Wildman–Crippen MR) is 313 cm³/mol. The van der Waals surface area contributed by atoms with Crippen molar-refractivity contribution in [3.63, 3.8) is 0 Å². The Labute approximate surface area is 474 Å². The molecule has 5 amide bonds. The number of ether oxygens (including phenoxy) is 3. The summed E-state index contributed by atoms with van der Waals surface area (Å²) in [6.45, 7) is 12.4. The normalized spacial score (nSPS) is 15.2. The largest absolute Gasteiger partial charge is 0.444 e. The van der Waals surface area contributed by atoms with Gasteiger partial charge in [0.25, 0.3) is 0 Å². The lowest BCUT2D eigenvalue weighted by atomic mass is 9.77. The number of carbonyl (C=O) groups is 5. The number of hydrogen-bond acceptors (Lipinski definition) is 10. The monoisotopic (exact) mass is 1090 g/mol. The van der Waals surface area contributed by atoms with Crippen molar-refractivity contribution in [3.05, 3.63) is 210 Å². The van der Waals surface area contributed by atoms with Crippen molar-refractivity contribution in [2.75, 3.05) is 13.1 Å². The van der Waals surface area contributed by atoms with Crippen LogP contribution in [0.4, 0.5) is 9.59 Å². The van der Waals surface area contributed by atoms with Crippen LogP contribution in [0.1, 0.15) is 101 Å². The number of guanidine groups is 1. The molecule has 2 heterocycles. The van der Waals surface area contributed by atoms with Crippen molar-refractivity contribution in [2.45, 2.75) is 128 Å². The Morgan fingerprint density at radius 1 is 0.642 bits per heavy atom. The van der Waals surface area contributed by atoms with Crippen LogP contribution in [-0.4, -0.2) is 98.8 Å². The molecule has 1 aliphatic rings. The molecular formula is C65H74N8O8. The molecule has 0 saturated carbocycles. The number of aliphatic imine (C=N–C) groups is 1. The number of likely N-dealkylation sites (tertiary alicyclic amines) is 1. The van der Waals surface area contributed by atoms with Crippen LogP contribution < -0.4 is 21.3 Å². The molecule has 16 heteroatoms. The van der Waals surface area contributed by atoms with E-state index in [1.54, 1.807) is 52.8 Å². The lowest BCUT2D eigenvalue weighted by molar-refractivity contribution is -0.138. The minimum atomic E-state index is -1.11. The van der Waals surface area contributed by atoms with E-state index in [0.29, 0.717) is 31.6 Å². The lowest BCUT2D eigenvalue weighted by Gasteiger charge is -2.37. The van der Waals surface area contributed by atoms with Crippen molar-refractivity contribution >= 4 is 46.6 Å². The van der Waals surface area contributed by atoms with Gasteiger partial charge >= 0.3 is 12.2 Å². The zero-order chi connectivity index (χ0) is 57.6. The Morgan fingerprint density at radius 2 is 1.19 bits per heavy atom. The highest BCUT2D eigenvalue weighted by Gasteiger charge is 2.41. The van der Waals surface area contributed by atoms with E-state index in [2.05, 4.69) is 91.5 Å². The van der Waals surface area contributed by atoms with E-state index in [9.17, 15) is 19.2 Å². The molecule has 0 spiro atoms. The van der Waals surface area contributed by atoms with Crippen LogP contribution in [0.15, 0.2) is 181 Å². The molecule has 8 rings (SSSR count). The molecule has 0 bridgehead atoms. The summed E-state index contributed by atoms with van der Waals surface area (Å²) >= 11 is 0. The summed E-state index contributed by atoms with van der Waals surface area (Å²) in [5, 5.41) is 13.2. The van der Waals surface area contributed by atoms with Crippen LogP contribution in [0.5, 0.6) is 0 Å². The fraction of sp³-hybridized carbons (Fsp3) is 0.338. The summed E-state index contributed by atoms with van der Waals surface area (Å²) in [4.78, 5) is 80.3. The van der Waals surface area contributed by atoms with Crippen LogP contribution >= 0.6 is 0 Å². The topological polar surface area (TPSA) is 195 Å². The van der Waals surface area contributed by atoms with Gasteiger partial charge in [0.2, 0.25) is 23.7 Å². The van der Waals surface area contributed by atoms with Crippen LogP contribution in [0.25, 0.3) is 10.8 Å². The molecule has 6 aromatic carbocycles. The second-order valence-corrected chi connectivity index (χ2v) is 22.4. The quantitative estimate of drug-likeness (QED) is 0.0264. The Balaban J connectivity index is 1.06. The number of hydrogen-bond donors (Lipinski definition) is 4. The summed E-state index contributed by atoms with van der Waals surface area (Å²) < 4.78 is 19.6. The van der Waals surface area contributed by atoms with Gasteiger partial charge in [-0.2, -0.15) is 0 Å². The summed E-state index contributed by atoms with van der Waals surface area (Å²) in [6.07, 6.45) is 3.24. The fourth-order valence-electron chi connectivity index (χ4n) is 10.3. The molecule has 1 aromatic heterocycles. The first-order valence-electron chi connectivity index (χ1n) is 27.6. The third kappa shape index (κ3) is 16.0. The maximum absolute atomic E-state index is 15.4. The van der Waals surface area contributed by atoms with Crippen molar-refractivity contribution in [3.8, 4) is 0 Å². The number of aromatic nitrogens is 2. The highest BCUT2D eigenvalue weighted by Crippen LogP contribution is 2.41. The third-order valence-corrected chi connectivity index (χ3v) is 13.8. The summed E-state index contributed by atoms with van der Waals surface area (Å²) in [5.41, 5.74) is 2.84. The number of nitrogens with zero attached hydrogens (tertiary/aromatic N) is 4. The predicted octanol–water partition coefficient (Wildman–Crippen LogP) is 10.0. The molecule has 4 atom stereocenters. The van der Waals surface area contributed by atoms with Gasteiger partial charge in [-0.15, -0.1) is 0 Å². The van der Waals surface area contributed by atoms with Crippen LogP contribution in [-0.2, 0) is 53.6 Å². The van der Waals surface area contributed by atoms with E-state index < -0.39 is 52.8 Å². The van der Waals surface area contributed by atoms with Gasteiger partial charge in [0.15, 0.2) is 0 Å². The van der Waals surface area contributed by atoms with Gasteiger partial charge in [-0.3, -0.25) is 30.0 Å². The molecule has 0 radical (unpaired) electrons. The Kier molecular flexibility index (Phi) is 19.2. The SMILES string of the molecule is CC(=O)N[C@H](Cc1cn(C(c2ccccc2)(c2ccccc2)c2ccccc2)cn1)C(=O)N[C@H](Cc1ccccc1)C(=O)N1C[C@H](OCc2ccc3ccccc3c2)C[C@@H]1CCCN=C(NC(=O)OC(C)(C)C)NC(=O)OC(C)(C)C. The highest BCUT2D eigenvalue weighted by molar-refractivity contribution is 6.01. The highest BCUT2D eigenvalue weighted by atomic mass is 16.6. The molecule has 0 unspecified atom stereocenters. The molecule has 1 fully saturated rings. The molecule has 422 valence electrons. The Morgan fingerprint density at radius 3 is 1.74 bits per heavy atom. The molecule has 1 aliphatic heterocycles. The molecular weight excluding hydrogens is 1020 g/mol. The van der Waals surface area contributed by atoms with Crippen molar-refractivity contribution in [1.29, 1.82) is 0 Å². The second kappa shape index (κ2) is 26.6. The first kappa shape index (κ1) is 58.5. The van der Waals surface area contributed by atoms with Crippen molar-refractivity contribution in [1.82, 2.24) is 35.7 Å². The maximum Gasteiger partial charge on any atom is 0.414 e. The third-order valence-electron chi connectivity index (χ3n) is 13.8. The van der Waals surface area contributed by atoms with E-state index in [0.717, 1.165) is 38.6 Å². The average molecular weight is 1100 g/mol. The number of nitrogens with one attached hydrogen (secondary N) is 4. The average Bonchev–Trinajstić information content (AvgIpc) is 4.32. The van der Waals surface area contributed by atoms with Gasteiger partial charge in [0.1, 0.15) is 28.8 Å². The van der Waals surface area contributed by atoms with Gasteiger partial charge in [0.05, 0.1) is 24.7 Å². The molecule has 7 aromatic rings. The smallest absolute Gasteiger partial charge is 0.414 e. The number of carbonyl (C=O) groups excluding carboxylic acids is 5. The first-order chi connectivity index (χ1) is 38.8. The van der Waals surface area contributed by atoms with Gasteiger partial charge < -0.3 is 34.3 Å². The number of benzene rings is 6. The zero-order valence-corrected chi connectivity index (χ0v) is 47.3. The van der Waals surface area contributed by atoms with Gasteiger partial charge in [-0.1, -0.05) is 158 Å². The van der Waals surface area contributed by atoms with E-state index in [4.69, 9.17) is 19.2 Å². The number of rotatable bonds is 19. The number of fused-ring (bicyclic) bond motifs is 1. The minimum absolute atomic E-state index is 0.0181. The Bertz CT molecular complexity index is 3140. The van der Waals surface area contributed by atoms with Gasteiger partial charge in [-0.25, -0.2) is 14.6 Å². The first-order valence-corrected chi connectivity index (χ1v) is 27.6. The van der Waals surface area contributed by atoms with Crippen molar-refractivity contribution in [2.24, 2.45) is 4.99 Å². The molecule has 0 aliphatic carbocycles. The number of imidazole rings is 1. The summed E-state index contributed by atoms with van der Waals surface area (Å²) in [6, 6.07) is 51.8. The van der Waals surface area contributed by atoms with E-state index >= 15 is 4.79 Å². The number of amides is 5. The molecule has 81 heavy (non-hydrogen) atoms. The molecule has 4 N–H and O–H groups in total. The van der Waals surface area contributed by atoms with E-state index in [-0.39, 0.29) is 49.9 Å². The standard InChI is InChI=1S/C65H74N8O8/c1-45(74)68-56(39-53-41-72(44-67-53)65(50-27-14-9-15-28-50,51-29-16-10-17-30-51)52-31-18-11-19-32-52)58(75)69-57(38-46-23-12-8-13-24-46)59(76)73-42-55(79-43-47-34-35-48-25-20-21-26-49(48)37-47)40-54(73)33-22-36-66-60(70-61(77)80-63(2,3)4)71-62(78)81-64(5,6)7/h8-21,23-32,34-35,37,41,44,54-57H,22,33,36,38-40,42-43H2,1-7H3,(H,68,74)(H,69,75)(H2,66,70,71,77,78)/t54-,55+,56+,57+/m0/s1. The Hall–Kier alpha value is -8.63. The van der Waals surface area contributed by atoms with Crippen LogP contribution in [0, 0.1) is 0 Å². The fourth-order valence-corrected chi connectivity index (χ4v) is 10.3. The van der Waals surface area contributed by atoms with Gasteiger partial charge in [0, 0.05) is 45.1 Å². The van der Waals surface area contributed by atoms with Crippen LogP contribution in [0.3, 0.4) is 0 Å². The van der Waals surface area contributed by atoms with E-state index in [1.165, 1.54) is 6.92 Å². The summed E-state index contributed by atoms with van der Waals surface area (Å²) in [5.74, 6) is -1.44.